The van der Waals surface area contributed by atoms with Crippen molar-refractivity contribution in [2.24, 2.45) is 11.8 Å². The van der Waals surface area contributed by atoms with Gasteiger partial charge in [0, 0.05) is 17.4 Å². The molecule has 2 aromatic carbocycles. The molecule has 5 aliphatic rings. The minimum absolute atomic E-state index is 0.0933. The summed E-state index contributed by atoms with van der Waals surface area (Å²) in [6, 6.07) is 7.85. The van der Waals surface area contributed by atoms with Crippen LogP contribution in [0.25, 0.3) is 0 Å². The number of cyclic esters (lactones) is 1. The average molecular weight is 699 g/mol. The Hall–Kier alpha value is -3.13. The number of benzene rings is 2. The first-order valence-electron chi connectivity index (χ1n) is 17.4. The van der Waals surface area contributed by atoms with E-state index < -0.39 is 66.1 Å². The van der Waals surface area contributed by atoms with E-state index in [4.69, 9.17) is 52.1 Å². The maximum absolute atomic E-state index is 13.8. The maximum Gasteiger partial charge on any atom is 0.310 e. The van der Waals surface area contributed by atoms with Gasteiger partial charge in [-0.2, -0.15) is 0 Å². The minimum Gasteiger partial charge on any atom is -0.496 e. The molecule has 3 saturated heterocycles. The molecule has 1 aliphatic carbocycles. The van der Waals surface area contributed by atoms with Crippen LogP contribution in [-0.2, 0) is 38.0 Å². The van der Waals surface area contributed by atoms with Crippen molar-refractivity contribution in [3.05, 3.63) is 46.5 Å². The lowest BCUT2D eigenvalue weighted by molar-refractivity contribution is -0.386. The summed E-state index contributed by atoms with van der Waals surface area (Å²) < 4.78 is 68.6. The predicted octanol–water partition coefficient (Wildman–Crippen LogP) is 5.59. The molecule has 0 radical (unpaired) electrons. The predicted molar refractivity (Wildman–Crippen MR) is 179 cm³/mol. The van der Waals surface area contributed by atoms with Gasteiger partial charge < -0.3 is 52.1 Å². The number of carbonyl (C=O) groups excluding carboxylic acids is 1. The Kier molecular flexibility index (Phi) is 9.26. The summed E-state index contributed by atoms with van der Waals surface area (Å²) in [5.74, 6) is 0.821. The van der Waals surface area contributed by atoms with E-state index in [1.807, 2.05) is 79.7 Å². The van der Waals surface area contributed by atoms with Gasteiger partial charge in [0.1, 0.15) is 35.9 Å². The molecule has 0 spiro atoms. The molecule has 274 valence electrons. The first kappa shape index (κ1) is 35.3. The quantitative estimate of drug-likeness (QED) is 0.336. The molecule has 2 aromatic rings. The van der Waals surface area contributed by atoms with Crippen molar-refractivity contribution >= 4 is 5.97 Å². The Balaban J connectivity index is 1.35. The zero-order valence-electron chi connectivity index (χ0n) is 30.6. The van der Waals surface area contributed by atoms with Crippen LogP contribution >= 0.6 is 0 Å². The fraction of sp³-hybridized carbons (Fsp3) is 0.658. The molecule has 0 bridgehead atoms. The number of ether oxygens (including phenoxy) is 11. The van der Waals surface area contributed by atoms with E-state index in [0.29, 0.717) is 29.6 Å². The van der Waals surface area contributed by atoms with Gasteiger partial charge in [0.25, 0.3) is 0 Å². The zero-order valence-corrected chi connectivity index (χ0v) is 30.6. The second-order valence-electron chi connectivity index (χ2n) is 15.7. The largest absolute Gasteiger partial charge is 0.496 e. The van der Waals surface area contributed by atoms with Crippen molar-refractivity contribution in [1.82, 2.24) is 0 Å². The minimum atomic E-state index is -0.917. The fourth-order valence-electron chi connectivity index (χ4n) is 7.97. The van der Waals surface area contributed by atoms with Gasteiger partial charge in [-0.05, 0) is 96.3 Å². The van der Waals surface area contributed by atoms with Gasteiger partial charge in [0.15, 0.2) is 24.1 Å². The van der Waals surface area contributed by atoms with Gasteiger partial charge in [0.05, 0.1) is 50.7 Å². The Bertz CT molecular complexity index is 1570. The lowest BCUT2D eigenvalue weighted by atomic mass is 9.66. The third-order valence-electron chi connectivity index (χ3n) is 9.95. The molecule has 12 nitrogen and oxygen atoms in total. The van der Waals surface area contributed by atoms with E-state index in [1.54, 1.807) is 14.2 Å². The van der Waals surface area contributed by atoms with Gasteiger partial charge in [-0.25, -0.2) is 0 Å². The molecule has 0 saturated carbocycles. The first-order valence-corrected chi connectivity index (χ1v) is 17.4. The van der Waals surface area contributed by atoms with Gasteiger partial charge in [0.2, 0.25) is 6.79 Å². The molecule has 4 heterocycles. The van der Waals surface area contributed by atoms with Crippen LogP contribution in [-0.4, -0.2) is 88.4 Å². The van der Waals surface area contributed by atoms with Crippen molar-refractivity contribution in [3.63, 3.8) is 0 Å². The number of methoxy groups -OCH3 is 2. The van der Waals surface area contributed by atoms with Crippen LogP contribution in [0.1, 0.15) is 82.7 Å². The summed E-state index contributed by atoms with van der Waals surface area (Å²) in [7, 11) is 3.25. The number of esters is 1. The van der Waals surface area contributed by atoms with E-state index in [1.165, 1.54) is 0 Å². The first-order chi connectivity index (χ1) is 23.7. The zero-order chi connectivity index (χ0) is 35.7. The van der Waals surface area contributed by atoms with Crippen molar-refractivity contribution in [2.45, 2.75) is 116 Å². The number of hydrogen-bond acceptors (Lipinski definition) is 12. The van der Waals surface area contributed by atoms with Crippen molar-refractivity contribution in [1.29, 1.82) is 0 Å². The Labute approximate surface area is 293 Å². The maximum atomic E-state index is 13.8. The molecular weight excluding hydrogens is 648 g/mol. The van der Waals surface area contributed by atoms with E-state index in [-0.39, 0.29) is 25.3 Å². The molecule has 7 rings (SSSR count). The molecule has 0 aromatic heterocycles. The Morgan fingerprint density at radius 3 is 2.02 bits per heavy atom. The fourth-order valence-corrected chi connectivity index (χ4v) is 7.97. The molecule has 50 heavy (non-hydrogen) atoms. The smallest absolute Gasteiger partial charge is 0.310 e. The number of fused-ring (bicyclic) bond motifs is 4. The molecule has 12 heteroatoms. The monoisotopic (exact) mass is 698 g/mol. The standard InChI is InChI=1S/C38H50O12/c1-18-24(40-9)11-20(12-25(18)41-10)29-21-13-26-27(45-17-44-26)14-22(21)31(23-15-43-35(39)30(23)29)48-36-34(50-38(6,7)8)33(49-37(3,4)5)32-28(47-36)16-42-19(2)46-32/h11-14,19,23,28-34,36H,15-17H2,1-10H3/t19-,23?,28-,29-,30+,31-,32-,33+,34-,36?/m1/s1. The second-order valence-corrected chi connectivity index (χ2v) is 15.7. The Morgan fingerprint density at radius 2 is 1.40 bits per heavy atom. The van der Waals surface area contributed by atoms with E-state index in [9.17, 15) is 4.79 Å². The van der Waals surface area contributed by atoms with Crippen LogP contribution in [0.2, 0.25) is 0 Å². The van der Waals surface area contributed by atoms with Gasteiger partial charge >= 0.3 is 5.97 Å². The molecular formula is C38H50O12. The summed E-state index contributed by atoms with van der Waals surface area (Å²) >= 11 is 0. The number of rotatable bonds is 7. The van der Waals surface area contributed by atoms with E-state index in [0.717, 1.165) is 22.3 Å². The highest BCUT2D eigenvalue weighted by atomic mass is 16.8. The highest BCUT2D eigenvalue weighted by molar-refractivity contribution is 5.79. The SMILES string of the molecule is COc1cc([C@@H]2c3cc4c(cc3[C@@H](OC3O[C@@H]5CO[C@@H](C)O[C@H]5[C@H](OC(C)(C)C)[C@H]3OC(C)(C)C)C3COC(=O)[C@@H]32)OCO4)cc(OC)c1C. The molecule has 0 amide bonds. The lowest BCUT2D eigenvalue weighted by Gasteiger charge is -2.52. The second kappa shape index (κ2) is 13.1. The number of hydrogen-bond donors (Lipinski definition) is 0. The molecule has 0 N–H and O–H groups in total. The van der Waals surface area contributed by atoms with Crippen LogP contribution in [0.15, 0.2) is 24.3 Å². The summed E-state index contributed by atoms with van der Waals surface area (Å²) in [5.41, 5.74) is 2.30. The summed E-state index contributed by atoms with van der Waals surface area (Å²) in [6.45, 7) is 16.3. The van der Waals surface area contributed by atoms with Crippen LogP contribution < -0.4 is 18.9 Å². The lowest BCUT2D eigenvalue weighted by Crippen LogP contribution is -2.66. The summed E-state index contributed by atoms with van der Waals surface area (Å²) in [6.07, 6.45) is -4.20. The molecule has 10 atom stereocenters. The van der Waals surface area contributed by atoms with Crippen molar-refractivity contribution < 1.29 is 56.9 Å². The van der Waals surface area contributed by atoms with Crippen LogP contribution in [0.4, 0.5) is 0 Å². The summed E-state index contributed by atoms with van der Waals surface area (Å²) in [5, 5.41) is 0. The molecule has 3 fully saturated rings. The summed E-state index contributed by atoms with van der Waals surface area (Å²) in [4.78, 5) is 13.8. The van der Waals surface area contributed by atoms with Crippen LogP contribution in [0.5, 0.6) is 23.0 Å². The van der Waals surface area contributed by atoms with E-state index >= 15 is 0 Å². The highest BCUT2D eigenvalue weighted by Gasteiger charge is 2.57. The van der Waals surface area contributed by atoms with Gasteiger partial charge in [-0.1, -0.05) is 0 Å². The van der Waals surface area contributed by atoms with Crippen LogP contribution in [0.3, 0.4) is 0 Å². The van der Waals surface area contributed by atoms with Crippen LogP contribution in [0, 0.1) is 18.8 Å². The van der Waals surface area contributed by atoms with Gasteiger partial charge in [-0.3, -0.25) is 4.79 Å². The normalized spacial score (nSPS) is 33.3. The molecule has 2 unspecified atom stereocenters. The highest BCUT2D eigenvalue weighted by Crippen LogP contribution is 2.57. The third kappa shape index (κ3) is 6.54. The van der Waals surface area contributed by atoms with Crippen molar-refractivity contribution in [2.75, 3.05) is 34.2 Å². The Morgan fingerprint density at radius 1 is 0.780 bits per heavy atom. The van der Waals surface area contributed by atoms with Crippen molar-refractivity contribution in [3.8, 4) is 23.0 Å². The third-order valence-corrected chi connectivity index (χ3v) is 9.95. The average Bonchev–Trinajstić information content (AvgIpc) is 3.67. The topological polar surface area (TPSA) is 119 Å². The molecule has 4 aliphatic heterocycles. The van der Waals surface area contributed by atoms with Gasteiger partial charge in [-0.15, -0.1) is 0 Å². The van der Waals surface area contributed by atoms with E-state index in [2.05, 4.69) is 0 Å². The number of carbonyl (C=O) groups is 1.